The van der Waals surface area contributed by atoms with Crippen LogP contribution in [0.15, 0.2) is 53.3 Å². The molecular formula is C22H15BrF2N4O2. The molecule has 3 heterocycles. The zero-order valence-corrected chi connectivity index (χ0v) is 17.7. The Morgan fingerprint density at radius 3 is 2.71 bits per heavy atom. The molecule has 2 aromatic carbocycles. The summed E-state index contributed by atoms with van der Waals surface area (Å²) in [7, 11) is 1.76. The van der Waals surface area contributed by atoms with Gasteiger partial charge in [0.2, 0.25) is 0 Å². The molecule has 0 radical (unpaired) electrons. The fraction of sp³-hybridized carbons (Fsp3) is 0.136. The van der Waals surface area contributed by atoms with E-state index in [4.69, 9.17) is 1.37 Å². The molecule has 5 rings (SSSR count). The van der Waals surface area contributed by atoms with Crippen LogP contribution in [-0.4, -0.2) is 30.7 Å². The largest absolute Gasteiger partial charge is 0.368 e. The van der Waals surface area contributed by atoms with Crippen LogP contribution in [0.5, 0.6) is 0 Å². The molecule has 6 nitrogen and oxygen atoms in total. The maximum Gasteiger partial charge on any atom is 0.258 e. The molecule has 31 heavy (non-hydrogen) atoms. The number of fused-ring (bicyclic) bond motifs is 2. The van der Waals surface area contributed by atoms with E-state index in [9.17, 15) is 9.90 Å². The van der Waals surface area contributed by atoms with Crippen molar-refractivity contribution in [1.82, 2.24) is 19.7 Å². The Kier molecular flexibility index (Phi) is 4.32. The summed E-state index contributed by atoms with van der Waals surface area (Å²) in [6, 6.07) is 9.05. The first-order valence-corrected chi connectivity index (χ1v) is 10.1. The minimum absolute atomic E-state index is 0.00225. The number of aryl methyl sites for hydroxylation is 1. The van der Waals surface area contributed by atoms with Crippen molar-refractivity contribution >= 4 is 32.7 Å². The third-order valence-electron chi connectivity index (χ3n) is 5.23. The SMILES string of the molecule is [2H]C1(O)c2ncc(Br)cc2C(=O)N1Cc1c(F)cc(-c2cccc3nn(C)cc23)cc1F. The zero-order valence-electron chi connectivity index (χ0n) is 17.1. The lowest BCUT2D eigenvalue weighted by Crippen LogP contribution is -2.28. The van der Waals surface area contributed by atoms with Gasteiger partial charge in [-0.25, -0.2) is 8.78 Å². The lowest BCUT2D eigenvalue weighted by molar-refractivity contribution is 0.0111. The van der Waals surface area contributed by atoms with Gasteiger partial charge < -0.3 is 10.0 Å². The number of halogens is 3. The molecule has 9 heteroatoms. The number of hydrogen-bond acceptors (Lipinski definition) is 4. The number of aromatic nitrogens is 3. The standard InChI is InChI=1S/C22H15BrF2N4O2/c1-28-9-15-13(3-2-4-19(15)27-28)11-5-17(24)16(18(25)6-11)10-29-21(30)14-7-12(23)8-26-20(14)22(29)31/h2-9,22,31H,10H2,1H3/i22D. The molecule has 0 spiro atoms. The van der Waals surface area contributed by atoms with Gasteiger partial charge in [0.1, 0.15) is 17.3 Å². The Morgan fingerprint density at radius 1 is 1.23 bits per heavy atom. The average molecular weight is 486 g/mol. The highest BCUT2D eigenvalue weighted by molar-refractivity contribution is 9.10. The van der Waals surface area contributed by atoms with Crippen molar-refractivity contribution in [1.29, 1.82) is 0 Å². The second-order valence-corrected chi connectivity index (χ2v) is 8.14. The number of amides is 1. The van der Waals surface area contributed by atoms with E-state index in [0.29, 0.717) is 26.0 Å². The summed E-state index contributed by atoms with van der Waals surface area (Å²) in [5.74, 6) is -2.53. The van der Waals surface area contributed by atoms with Crippen LogP contribution in [0.2, 0.25) is 0 Å². The number of carbonyl (C=O) groups excluding carboxylic acids is 1. The molecule has 0 fully saturated rings. The van der Waals surface area contributed by atoms with E-state index in [1.807, 2.05) is 0 Å². The van der Waals surface area contributed by atoms with Crippen LogP contribution in [0.1, 0.15) is 29.2 Å². The number of carbonyl (C=O) groups is 1. The highest BCUT2D eigenvalue weighted by Gasteiger charge is 2.38. The Balaban J connectivity index is 1.54. The fourth-order valence-electron chi connectivity index (χ4n) is 3.78. The van der Waals surface area contributed by atoms with Gasteiger partial charge in [-0.3, -0.25) is 14.5 Å². The summed E-state index contributed by atoms with van der Waals surface area (Å²) in [5.41, 5.74) is 0.982. The number of hydrogen-bond donors (Lipinski definition) is 1. The van der Waals surface area contributed by atoms with Crippen LogP contribution in [0.25, 0.3) is 22.0 Å². The molecule has 0 saturated heterocycles. The van der Waals surface area contributed by atoms with E-state index in [1.54, 1.807) is 36.1 Å². The Bertz CT molecular complexity index is 1400. The fourth-order valence-corrected chi connectivity index (χ4v) is 4.11. The lowest BCUT2D eigenvalue weighted by Gasteiger charge is -2.21. The maximum atomic E-state index is 15.1. The normalized spacial score (nSPS) is 18.5. The van der Waals surface area contributed by atoms with Crippen LogP contribution in [0, 0.1) is 11.6 Å². The third-order valence-corrected chi connectivity index (χ3v) is 5.66. The van der Waals surface area contributed by atoms with Crippen molar-refractivity contribution in [3.63, 3.8) is 0 Å². The monoisotopic (exact) mass is 485 g/mol. The molecule has 0 saturated carbocycles. The van der Waals surface area contributed by atoms with Gasteiger partial charge in [-0.15, -0.1) is 0 Å². The van der Waals surface area contributed by atoms with Gasteiger partial charge in [0.05, 0.1) is 19.0 Å². The Morgan fingerprint density at radius 2 is 1.97 bits per heavy atom. The first-order valence-electron chi connectivity index (χ1n) is 9.78. The van der Waals surface area contributed by atoms with Crippen LogP contribution in [0.3, 0.4) is 0 Å². The van der Waals surface area contributed by atoms with Gasteiger partial charge in [0.15, 0.2) is 6.20 Å². The number of pyridine rings is 1. The maximum absolute atomic E-state index is 15.1. The van der Waals surface area contributed by atoms with Crippen LogP contribution in [-0.2, 0) is 13.6 Å². The third kappa shape index (κ3) is 3.21. The Hall–Kier alpha value is -3.17. The van der Waals surface area contributed by atoms with Crippen molar-refractivity contribution in [2.24, 2.45) is 7.05 Å². The van der Waals surface area contributed by atoms with Gasteiger partial charge in [-0.05, 0) is 51.3 Å². The van der Waals surface area contributed by atoms with Gasteiger partial charge in [0.25, 0.3) is 5.91 Å². The molecule has 4 aromatic rings. The second kappa shape index (κ2) is 7.21. The first-order chi connectivity index (χ1) is 15.2. The molecular weight excluding hydrogens is 470 g/mol. The van der Waals surface area contributed by atoms with E-state index in [0.717, 1.165) is 5.39 Å². The van der Waals surface area contributed by atoms with Crippen molar-refractivity contribution in [3.8, 4) is 11.1 Å². The van der Waals surface area contributed by atoms with E-state index in [-0.39, 0.29) is 11.3 Å². The smallest absolute Gasteiger partial charge is 0.258 e. The van der Waals surface area contributed by atoms with E-state index in [2.05, 4.69) is 26.0 Å². The van der Waals surface area contributed by atoms with Crippen LogP contribution in [0.4, 0.5) is 8.78 Å². The lowest BCUT2D eigenvalue weighted by atomic mass is 9.99. The van der Waals surface area contributed by atoms with E-state index < -0.39 is 35.9 Å². The highest BCUT2D eigenvalue weighted by atomic mass is 79.9. The molecule has 1 atom stereocenters. The van der Waals surface area contributed by atoms with Crippen LogP contribution >= 0.6 is 15.9 Å². The van der Waals surface area contributed by atoms with Crippen molar-refractivity contribution in [3.05, 3.63) is 81.7 Å². The first kappa shape index (κ1) is 18.6. The summed E-state index contributed by atoms with van der Waals surface area (Å²) in [6.45, 7) is -0.637. The number of aliphatic hydroxyl groups is 1. The van der Waals surface area contributed by atoms with Gasteiger partial charge >= 0.3 is 0 Å². The van der Waals surface area contributed by atoms with Crippen molar-refractivity contribution in [2.45, 2.75) is 12.7 Å². The molecule has 156 valence electrons. The predicted octanol–water partition coefficient (Wildman–Crippen LogP) is 4.32. The average Bonchev–Trinajstić information content (AvgIpc) is 3.19. The van der Waals surface area contributed by atoms with E-state index in [1.165, 1.54) is 24.4 Å². The molecule has 1 aliphatic rings. The summed E-state index contributed by atoms with van der Waals surface area (Å²) < 4.78 is 40.4. The van der Waals surface area contributed by atoms with Crippen LogP contribution < -0.4 is 0 Å². The second-order valence-electron chi connectivity index (χ2n) is 7.22. The number of rotatable bonds is 3. The summed E-state index contributed by atoms with van der Waals surface area (Å²) in [6.07, 6.45) is 0.552. The molecule has 2 aromatic heterocycles. The quantitative estimate of drug-likeness (QED) is 0.468. The molecule has 1 aliphatic heterocycles. The van der Waals surface area contributed by atoms with Crippen molar-refractivity contribution < 1.29 is 20.1 Å². The predicted molar refractivity (Wildman–Crippen MR) is 113 cm³/mol. The van der Waals surface area contributed by atoms with Gasteiger partial charge in [-0.1, -0.05) is 12.1 Å². The highest BCUT2D eigenvalue weighted by Crippen LogP contribution is 2.35. The summed E-state index contributed by atoms with van der Waals surface area (Å²) in [4.78, 5) is 17.4. The molecule has 0 bridgehead atoms. The summed E-state index contributed by atoms with van der Waals surface area (Å²) in [5, 5.41) is 15.7. The molecule has 1 amide bonds. The van der Waals surface area contributed by atoms with Gasteiger partial charge in [-0.2, -0.15) is 5.10 Å². The van der Waals surface area contributed by atoms with E-state index >= 15 is 8.78 Å². The molecule has 1 unspecified atom stereocenters. The number of nitrogens with zero attached hydrogens (tertiary/aromatic N) is 4. The Labute approximate surface area is 185 Å². The molecule has 0 aliphatic carbocycles. The van der Waals surface area contributed by atoms with Gasteiger partial charge in [0, 0.05) is 34.9 Å². The minimum atomic E-state index is -2.55. The molecule has 1 N–H and O–H groups in total. The van der Waals surface area contributed by atoms with Crippen molar-refractivity contribution in [2.75, 3.05) is 0 Å². The zero-order chi connectivity index (χ0) is 22.8. The minimum Gasteiger partial charge on any atom is -0.368 e. The topological polar surface area (TPSA) is 71.2 Å². The number of benzene rings is 2. The summed E-state index contributed by atoms with van der Waals surface area (Å²) >= 11 is 3.19.